The van der Waals surface area contributed by atoms with Crippen LogP contribution in [0.15, 0.2) is 90.6 Å². The van der Waals surface area contributed by atoms with Crippen LogP contribution in [-0.2, 0) is 11.2 Å². The molecule has 31 heavy (non-hydrogen) atoms. The number of nitrogens with zero attached hydrogens (tertiary/aromatic N) is 1. The Kier molecular flexibility index (Phi) is 5.68. The van der Waals surface area contributed by atoms with Crippen LogP contribution in [0.5, 0.6) is 0 Å². The number of carbonyl (C=O) groups is 1. The number of likely N-dealkylation sites (tertiary alicyclic amines) is 1. The number of allylic oxidation sites excluding steroid dienone is 6. The van der Waals surface area contributed by atoms with Crippen molar-refractivity contribution in [1.82, 2.24) is 10.2 Å². The van der Waals surface area contributed by atoms with Crippen molar-refractivity contribution in [3.63, 3.8) is 0 Å². The van der Waals surface area contributed by atoms with Crippen LogP contribution in [0, 0.1) is 5.92 Å². The summed E-state index contributed by atoms with van der Waals surface area (Å²) in [5.41, 5.74) is 5.39. The fraction of sp³-hybridized carbons (Fsp3) is 0.250. The van der Waals surface area contributed by atoms with Gasteiger partial charge in [0.15, 0.2) is 0 Å². The van der Waals surface area contributed by atoms with Gasteiger partial charge in [0.2, 0.25) is 0 Å². The first-order valence-electron chi connectivity index (χ1n) is 11.2. The predicted octanol–water partition coefficient (Wildman–Crippen LogP) is 4.64. The van der Waals surface area contributed by atoms with Crippen LogP contribution in [0.1, 0.15) is 23.1 Å². The van der Waals surface area contributed by atoms with Crippen molar-refractivity contribution in [2.24, 2.45) is 5.92 Å². The lowest BCUT2D eigenvalue weighted by atomic mass is 9.88. The van der Waals surface area contributed by atoms with E-state index in [4.69, 9.17) is 0 Å². The van der Waals surface area contributed by atoms with Crippen molar-refractivity contribution in [2.45, 2.75) is 18.9 Å². The molecule has 0 saturated carbocycles. The highest BCUT2D eigenvalue weighted by Crippen LogP contribution is 2.35. The average molecular weight is 409 g/mol. The molecule has 2 aliphatic carbocycles. The lowest BCUT2D eigenvalue weighted by Gasteiger charge is -2.21. The van der Waals surface area contributed by atoms with Gasteiger partial charge in [0.1, 0.15) is 0 Å². The van der Waals surface area contributed by atoms with Crippen LogP contribution in [0.2, 0.25) is 0 Å². The summed E-state index contributed by atoms with van der Waals surface area (Å²) in [5, 5.41) is 3.35. The van der Waals surface area contributed by atoms with Gasteiger partial charge in [-0.25, -0.2) is 0 Å². The molecule has 3 nitrogen and oxygen atoms in total. The molecule has 156 valence electrons. The Balaban J connectivity index is 1.30. The van der Waals surface area contributed by atoms with Crippen molar-refractivity contribution in [3.8, 4) is 0 Å². The molecule has 1 N–H and O–H groups in total. The van der Waals surface area contributed by atoms with Crippen molar-refractivity contribution in [3.05, 3.63) is 107 Å². The van der Waals surface area contributed by atoms with Gasteiger partial charge < -0.3 is 10.2 Å². The Morgan fingerprint density at radius 2 is 1.81 bits per heavy atom. The zero-order valence-corrected chi connectivity index (χ0v) is 17.7. The van der Waals surface area contributed by atoms with Gasteiger partial charge in [-0.15, -0.1) is 0 Å². The topological polar surface area (TPSA) is 32.3 Å². The van der Waals surface area contributed by atoms with Gasteiger partial charge in [-0.3, -0.25) is 4.79 Å². The molecule has 5 rings (SSSR count). The van der Waals surface area contributed by atoms with Crippen LogP contribution in [0.25, 0.3) is 11.6 Å². The number of nitrogens with one attached hydrogen (secondary N) is 1. The fourth-order valence-electron chi connectivity index (χ4n) is 4.80. The number of hydrogen-bond donors (Lipinski definition) is 1. The van der Waals surface area contributed by atoms with Crippen LogP contribution in [0.3, 0.4) is 0 Å². The SMILES string of the molecule is O=C(N[C@H]1CCN(CCc2ccccc2)C1)C1=C2C=CC=CC2C=Cc2ccccc21. The highest BCUT2D eigenvalue weighted by molar-refractivity contribution is 6.22. The van der Waals surface area contributed by atoms with Crippen molar-refractivity contribution in [1.29, 1.82) is 0 Å². The molecule has 0 bridgehead atoms. The number of carbonyl (C=O) groups excluding carboxylic acids is 1. The van der Waals surface area contributed by atoms with E-state index in [0.29, 0.717) is 0 Å². The Morgan fingerprint density at radius 3 is 2.71 bits per heavy atom. The molecule has 0 spiro atoms. The number of benzene rings is 2. The van der Waals surface area contributed by atoms with Gasteiger partial charge >= 0.3 is 0 Å². The molecule has 1 heterocycles. The van der Waals surface area contributed by atoms with E-state index < -0.39 is 0 Å². The second-order valence-corrected chi connectivity index (χ2v) is 8.54. The fourth-order valence-corrected chi connectivity index (χ4v) is 4.80. The molecule has 2 aromatic carbocycles. The molecule has 1 amide bonds. The summed E-state index contributed by atoms with van der Waals surface area (Å²) in [7, 11) is 0. The summed E-state index contributed by atoms with van der Waals surface area (Å²) in [4.78, 5) is 16.0. The molecule has 3 heteroatoms. The normalized spacial score (nSPS) is 22.2. The quantitative estimate of drug-likeness (QED) is 0.782. The molecular weight excluding hydrogens is 380 g/mol. The zero-order valence-electron chi connectivity index (χ0n) is 17.7. The van der Waals surface area contributed by atoms with Gasteiger partial charge in [-0.1, -0.05) is 91.1 Å². The molecule has 2 atom stereocenters. The minimum absolute atomic E-state index is 0.0472. The van der Waals surface area contributed by atoms with Crippen molar-refractivity contribution in [2.75, 3.05) is 19.6 Å². The summed E-state index contributed by atoms with van der Waals surface area (Å²) in [6.45, 7) is 2.99. The Morgan fingerprint density at radius 1 is 0.968 bits per heavy atom. The first-order valence-corrected chi connectivity index (χ1v) is 11.2. The monoisotopic (exact) mass is 408 g/mol. The maximum atomic E-state index is 13.5. The Hall–Kier alpha value is -3.17. The summed E-state index contributed by atoms with van der Waals surface area (Å²) < 4.78 is 0. The number of rotatable bonds is 5. The molecule has 0 radical (unpaired) electrons. The minimum Gasteiger partial charge on any atom is -0.348 e. The molecule has 0 aromatic heterocycles. The van der Waals surface area contributed by atoms with Crippen LogP contribution >= 0.6 is 0 Å². The lowest BCUT2D eigenvalue weighted by Crippen LogP contribution is -2.38. The molecule has 1 aliphatic heterocycles. The van der Waals surface area contributed by atoms with Crippen LogP contribution in [0.4, 0.5) is 0 Å². The first-order chi connectivity index (χ1) is 15.3. The van der Waals surface area contributed by atoms with E-state index in [-0.39, 0.29) is 17.9 Å². The first kappa shape index (κ1) is 19.8. The summed E-state index contributed by atoms with van der Waals surface area (Å²) in [6, 6.07) is 19.0. The maximum absolute atomic E-state index is 13.5. The van der Waals surface area contributed by atoms with Gasteiger partial charge in [-0.2, -0.15) is 0 Å². The largest absolute Gasteiger partial charge is 0.348 e. The summed E-state index contributed by atoms with van der Waals surface area (Å²) in [6.07, 6.45) is 14.7. The van der Waals surface area contributed by atoms with E-state index in [9.17, 15) is 4.79 Å². The molecule has 2 aromatic rings. The highest BCUT2D eigenvalue weighted by Gasteiger charge is 2.28. The molecule has 1 fully saturated rings. The van der Waals surface area contributed by atoms with Gasteiger partial charge in [0, 0.05) is 31.6 Å². The molecule has 3 aliphatic rings. The van der Waals surface area contributed by atoms with E-state index in [1.807, 2.05) is 18.2 Å². The van der Waals surface area contributed by atoms with Gasteiger partial charge in [0.25, 0.3) is 5.91 Å². The second kappa shape index (κ2) is 8.91. The maximum Gasteiger partial charge on any atom is 0.252 e. The van der Waals surface area contributed by atoms with Crippen molar-refractivity contribution >= 4 is 17.6 Å². The van der Waals surface area contributed by atoms with Crippen molar-refractivity contribution < 1.29 is 4.79 Å². The number of amides is 1. The lowest BCUT2D eigenvalue weighted by molar-refractivity contribution is -0.116. The number of fused-ring (bicyclic) bond motifs is 2. The van der Waals surface area contributed by atoms with E-state index in [0.717, 1.165) is 54.7 Å². The van der Waals surface area contributed by atoms with E-state index >= 15 is 0 Å². The minimum atomic E-state index is 0.0472. The third kappa shape index (κ3) is 4.33. The number of hydrogen-bond acceptors (Lipinski definition) is 2. The van der Waals surface area contributed by atoms with Gasteiger partial charge in [0.05, 0.1) is 5.57 Å². The molecule has 1 saturated heterocycles. The third-order valence-electron chi connectivity index (χ3n) is 6.46. The third-order valence-corrected chi connectivity index (χ3v) is 6.46. The molecular formula is C28H28N2O. The Labute approximate surface area is 184 Å². The van der Waals surface area contributed by atoms with E-state index in [2.05, 4.69) is 83.1 Å². The van der Waals surface area contributed by atoms with Gasteiger partial charge in [-0.05, 0) is 35.1 Å². The van der Waals surface area contributed by atoms with Crippen LogP contribution < -0.4 is 5.32 Å². The predicted molar refractivity (Wildman–Crippen MR) is 127 cm³/mol. The standard InChI is InChI=1S/C28H28N2O/c31-28(29-24-17-19-30(20-24)18-16-21-8-2-1-3-9-21)27-25-12-6-4-10-22(25)14-15-23-11-5-7-13-26(23)27/h1-15,22,24H,16-20H2,(H,29,31)/t22?,24-/m0/s1. The van der Waals surface area contributed by atoms with Crippen LogP contribution in [-0.4, -0.2) is 36.5 Å². The van der Waals surface area contributed by atoms with E-state index in [1.165, 1.54) is 5.56 Å². The summed E-state index contributed by atoms with van der Waals surface area (Å²) in [5.74, 6) is 0.190. The van der Waals surface area contributed by atoms with E-state index in [1.54, 1.807) is 0 Å². The zero-order chi connectivity index (χ0) is 21.0. The average Bonchev–Trinajstić information content (AvgIpc) is 3.18. The summed E-state index contributed by atoms with van der Waals surface area (Å²) >= 11 is 0. The Bertz CT molecular complexity index is 1080. The smallest absolute Gasteiger partial charge is 0.252 e. The second-order valence-electron chi connectivity index (χ2n) is 8.54. The molecule has 1 unspecified atom stereocenters. The highest BCUT2D eigenvalue weighted by atomic mass is 16.1.